The standard InChI is InChI=1S/C13H13BrN6O3S/c1-7-17-11(15)10-12(18-7)20(13(14)19-10)6-8-3-4-9(5-16-8)23-24(2,21)22/h3-5H,6H2,1-2H3,(H2,15,17,18). The summed E-state index contributed by atoms with van der Waals surface area (Å²) in [4.78, 5) is 17.0. The zero-order valence-electron chi connectivity index (χ0n) is 12.8. The van der Waals surface area contributed by atoms with Gasteiger partial charge in [0.05, 0.1) is 24.7 Å². The Bertz CT molecular complexity index is 1020. The summed E-state index contributed by atoms with van der Waals surface area (Å²) in [5.74, 6) is 0.999. The Labute approximate surface area is 146 Å². The van der Waals surface area contributed by atoms with Gasteiger partial charge in [-0.15, -0.1) is 0 Å². The van der Waals surface area contributed by atoms with Crippen molar-refractivity contribution in [2.24, 2.45) is 0 Å². The molecule has 3 aromatic heterocycles. The summed E-state index contributed by atoms with van der Waals surface area (Å²) < 4.78 is 29.3. The van der Waals surface area contributed by atoms with Gasteiger partial charge >= 0.3 is 10.1 Å². The molecule has 0 aliphatic heterocycles. The van der Waals surface area contributed by atoms with Crippen LogP contribution in [0.1, 0.15) is 11.5 Å². The first-order valence-electron chi connectivity index (χ1n) is 6.73. The smallest absolute Gasteiger partial charge is 0.306 e. The van der Waals surface area contributed by atoms with E-state index < -0.39 is 10.1 Å². The van der Waals surface area contributed by atoms with Crippen molar-refractivity contribution in [1.82, 2.24) is 24.5 Å². The Hall–Kier alpha value is -2.27. The minimum absolute atomic E-state index is 0.151. The molecule has 24 heavy (non-hydrogen) atoms. The fourth-order valence-electron chi connectivity index (χ4n) is 2.14. The molecule has 0 spiro atoms. The van der Waals surface area contributed by atoms with Gasteiger partial charge in [-0.25, -0.2) is 15.0 Å². The van der Waals surface area contributed by atoms with Gasteiger partial charge in [0.1, 0.15) is 5.82 Å². The summed E-state index contributed by atoms with van der Waals surface area (Å²) in [6.07, 6.45) is 2.32. The number of nitrogens with zero attached hydrogens (tertiary/aromatic N) is 5. The number of nitrogen functional groups attached to an aromatic ring is 1. The number of pyridine rings is 1. The van der Waals surface area contributed by atoms with Crippen LogP contribution in [0.2, 0.25) is 0 Å². The number of aromatic nitrogens is 5. The van der Waals surface area contributed by atoms with E-state index in [-0.39, 0.29) is 5.75 Å². The van der Waals surface area contributed by atoms with Crippen LogP contribution in [0.15, 0.2) is 23.1 Å². The minimum Gasteiger partial charge on any atom is -0.382 e. The second-order valence-electron chi connectivity index (χ2n) is 5.07. The van der Waals surface area contributed by atoms with Gasteiger partial charge in [-0.2, -0.15) is 8.42 Å². The second-order valence-corrected chi connectivity index (χ2v) is 7.35. The van der Waals surface area contributed by atoms with E-state index in [1.54, 1.807) is 17.6 Å². The molecule has 11 heteroatoms. The van der Waals surface area contributed by atoms with E-state index in [1.807, 2.05) is 0 Å². The van der Waals surface area contributed by atoms with E-state index in [4.69, 9.17) is 9.92 Å². The lowest BCUT2D eigenvalue weighted by molar-refractivity contribution is 0.491. The SMILES string of the molecule is Cc1nc(N)c2nc(Br)n(Cc3ccc(OS(C)(=O)=O)cn3)c2n1. The molecule has 0 aliphatic rings. The lowest BCUT2D eigenvalue weighted by atomic mass is 10.3. The maximum atomic E-state index is 11.1. The van der Waals surface area contributed by atoms with Gasteiger partial charge in [0.15, 0.2) is 27.5 Å². The normalized spacial score (nSPS) is 11.8. The predicted molar refractivity (Wildman–Crippen MR) is 91.0 cm³/mol. The Balaban J connectivity index is 1.94. The highest BCUT2D eigenvalue weighted by atomic mass is 79.9. The number of aryl methyl sites for hydroxylation is 1. The third kappa shape index (κ3) is 3.46. The van der Waals surface area contributed by atoms with Crippen molar-refractivity contribution in [3.05, 3.63) is 34.6 Å². The number of fused-ring (bicyclic) bond motifs is 1. The van der Waals surface area contributed by atoms with E-state index in [9.17, 15) is 8.42 Å². The molecule has 126 valence electrons. The average Bonchev–Trinajstić information content (AvgIpc) is 2.77. The third-order valence-electron chi connectivity index (χ3n) is 3.05. The van der Waals surface area contributed by atoms with Crippen LogP contribution in [0.25, 0.3) is 11.2 Å². The van der Waals surface area contributed by atoms with E-state index >= 15 is 0 Å². The Kier molecular flexibility index (Phi) is 4.13. The molecular formula is C13H13BrN6O3S. The summed E-state index contributed by atoms with van der Waals surface area (Å²) >= 11 is 3.38. The molecule has 3 heterocycles. The summed E-state index contributed by atoms with van der Waals surface area (Å²) in [6.45, 7) is 2.11. The molecular weight excluding hydrogens is 400 g/mol. The molecule has 2 N–H and O–H groups in total. The van der Waals surface area contributed by atoms with Crippen molar-refractivity contribution in [2.45, 2.75) is 13.5 Å². The van der Waals surface area contributed by atoms with E-state index in [0.29, 0.717) is 39.8 Å². The van der Waals surface area contributed by atoms with Crippen LogP contribution in [-0.4, -0.2) is 39.2 Å². The molecule has 9 nitrogen and oxygen atoms in total. The Morgan fingerprint density at radius 1 is 1.29 bits per heavy atom. The molecule has 3 aromatic rings. The maximum absolute atomic E-state index is 11.1. The number of hydrogen-bond donors (Lipinski definition) is 1. The highest BCUT2D eigenvalue weighted by Gasteiger charge is 2.15. The number of imidazole rings is 1. The topological polar surface area (TPSA) is 126 Å². The monoisotopic (exact) mass is 412 g/mol. The van der Waals surface area contributed by atoms with Crippen molar-refractivity contribution in [3.63, 3.8) is 0 Å². The van der Waals surface area contributed by atoms with Gasteiger partial charge in [0.25, 0.3) is 0 Å². The Morgan fingerprint density at radius 2 is 2.04 bits per heavy atom. The van der Waals surface area contributed by atoms with Crippen molar-refractivity contribution >= 4 is 43.0 Å². The molecule has 0 atom stereocenters. The first-order valence-corrected chi connectivity index (χ1v) is 9.34. The molecule has 0 fully saturated rings. The summed E-state index contributed by atoms with van der Waals surface area (Å²) in [6, 6.07) is 3.20. The van der Waals surface area contributed by atoms with Crippen LogP contribution in [0.4, 0.5) is 5.82 Å². The average molecular weight is 413 g/mol. The maximum Gasteiger partial charge on any atom is 0.306 e. The van der Waals surface area contributed by atoms with Crippen molar-refractivity contribution in [3.8, 4) is 5.75 Å². The number of anilines is 1. The quantitative estimate of drug-likeness (QED) is 0.501. The molecule has 0 saturated carbocycles. The van der Waals surface area contributed by atoms with Crippen molar-refractivity contribution in [1.29, 1.82) is 0 Å². The van der Waals surface area contributed by atoms with Crippen LogP contribution in [0.3, 0.4) is 0 Å². The van der Waals surface area contributed by atoms with E-state index in [0.717, 1.165) is 6.26 Å². The number of nitrogens with two attached hydrogens (primary N) is 1. The summed E-state index contributed by atoms with van der Waals surface area (Å²) in [7, 11) is -3.58. The first-order chi connectivity index (χ1) is 11.2. The lowest BCUT2D eigenvalue weighted by Crippen LogP contribution is -2.07. The molecule has 0 saturated heterocycles. The van der Waals surface area contributed by atoms with Crippen LogP contribution in [0.5, 0.6) is 5.75 Å². The van der Waals surface area contributed by atoms with Crippen LogP contribution in [-0.2, 0) is 16.7 Å². The number of rotatable bonds is 4. The van der Waals surface area contributed by atoms with Crippen LogP contribution in [0, 0.1) is 6.92 Å². The largest absolute Gasteiger partial charge is 0.382 e. The fraction of sp³-hybridized carbons (Fsp3) is 0.231. The highest BCUT2D eigenvalue weighted by molar-refractivity contribution is 9.10. The van der Waals surface area contributed by atoms with Gasteiger partial charge in [0, 0.05) is 0 Å². The van der Waals surface area contributed by atoms with Gasteiger partial charge in [-0.1, -0.05) is 0 Å². The number of hydrogen-bond acceptors (Lipinski definition) is 8. The first kappa shape index (κ1) is 16.6. The molecule has 0 unspecified atom stereocenters. The van der Waals surface area contributed by atoms with Crippen LogP contribution >= 0.6 is 15.9 Å². The van der Waals surface area contributed by atoms with Crippen molar-refractivity contribution < 1.29 is 12.6 Å². The zero-order valence-corrected chi connectivity index (χ0v) is 15.2. The fourth-order valence-corrected chi connectivity index (χ4v) is 3.06. The van der Waals surface area contributed by atoms with Crippen LogP contribution < -0.4 is 9.92 Å². The second kappa shape index (κ2) is 5.98. The molecule has 0 aliphatic carbocycles. The van der Waals surface area contributed by atoms with E-state index in [1.165, 1.54) is 12.3 Å². The molecule has 0 amide bonds. The van der Waals surface area contributed by atoms with Crippen molar-refractivity contribution in [2.75, 3.05) is 12.0 Å². The summed E-state index contributed by atoms with van der Waals surface area (Å²) in [5, 5.41) is 0. The Morgan fingerprint density at radius 3 is 2.67 bits per heavy atom. The highest BCUT2D eigenvalue weighted by Crippen LogP contribution is 2.23. The van der Waals surface area contributed by atoms with Gasteiger partial charge in [-0.05, 0) is 35.0 Å². The molecule has 0 radical (unpaired) electrons. The van der Waals surface area contributed by atoms with Gasteiger partial charge in [0.2, 0.25) is 0 Å². The molecule has 3 rings (SSSR count). The zero-order chi connectivity index (χ0) is 17.5. The summed E-state index contributed by atoms with van der Waals surface area (Å²) in [5.41, 5.74) is 7.64. The van der Waals surface area contributed by atoms with Gasteiger partial charge in [-0.3, -0.25) is 9.55 Å². The predicted octanol–water partition coefficient (Wildman–Crippen LogP) is 1.26. The third-order valence-corrected chi connectivity index (χ3v) is 4.15. The minimum atomic E-state index is -3.58. The molecule has 0 aromatic carbocycles. The number of halogens is 1. The van der Waals surface area contributed by atoms with E-state index in [2.05, 4.69) is 35.9 Å². The van der Waals surface area contributed by atoms with Gasteiger partial charge < -0.3 is 9.92 Å². The lowest BCUT2D eigenvalue weighted by Gasteiger charge is -2.07. The molecule has 0 bridgehead atoms.